The maximum absolute atomic E-state index is 5.18. The number of rotatable bonds is 0. The normalized spacial score (nSPS) is 10.6. The zero-order chi connectivity index (χ0) is 7.84. The standard InChI is InChI=1S/C7H4BrNOS/c8-4-1-2-5-6(3-4)10-7(11)9-5/h1-3H,(H,9,11). The summed E-state index contributed by atoms with van der Waals surface area (Å²) < 4.78 is 6.17. The minimum atomic E-state index is 0.415. The van der Waals surface area contributed by atoms with E-state index >= 15 is 0 Å². The number of hydrogen-bond donors (Lipinski definition) is 1. The van der Waals surface area contributed by atoms with E-state index in [1.54, 1.807) is 0 Å². The summed E-state index contributed by atoms with van der Waals surface area (Å²) in [5.41, 5.74) is 1.71. The van der Waals surface area contributed by atoms with Crippen molar-refractivity contribution in [1.29, 1.82) is 0 Å². The number of oxazole rings is 1. The molecular formula is C7H4BrNOS. The van der Waals surface area contributed by atoms with Crippen molar-refractivity contribution < 1.29 is 4.42 Å². The second-order valence-electron chi connectivity index (χ2n) is 2.16. The van der Waals surface area contributed by atoms with Crippen LogP contribution in [0.4, 0.5) is 0 Å². The van der Waals surface area contributed by atoms with Gasteiger partial charge in [-0.25, -0.2) is 0 Å². The average Bonchev–Trinajstić information content (AvgIpc) is 2.27. The maximum Gasteiger partial charge on any atom is 0.266 e. The third kappa shape index (κ3) is 1.23. The molecule has 2 nitrogen and oxygen atoms in total. The van der Waals surface area contributed by atoms with Crippen molar-refractivity contribution in [2.24, 2.45) is 0 Å². The molecule has 2 rings (SSSR count). The first-order chi connectivity index (χ1) is 5.25. The molecule has 1 N–H and O–H groups in total. The second-order valence-corrected chi connectivity index (χ2v) is 3.44. The Labute approximate surface area is 76.4 Å². The molecule has 56 valence electrons. The second kappa shape index (κ2) is 2.46. The van der Waals surface area contributed by atoms with E-state index in [0.717, 1.165) is 15.6 Å². The lowest BCUT2D eigenvalue weighted by molar-refractivity contribution is 0.583. The van der Waals surface area contributed by atoms with Gasteiger partial charge in [0, 0.05) is 4.47 Å². The van der Waals surface area contributed by atoms with Gasteiger partial charge in [-0.3, -0.25) is 0 Å². The minimum Gasteiger partial charge on any atom is -0.429 e. The lowest BCUT2D eigenvalue weighted by Crippen LogP contribution is -1.66. The van der Waals surface area contributed by atoms with Crippen molar-refractivity contribution in [3.63, 3.8) is 0 Å². The molecule has 0 unspecified atom stereocenters. The van der Waals surface area contributed by atoms with Crippen molar-refractivity contribution in [2.45, 2.75) is 0 Å². The molecule has 0 fully saturated rings. The first kappa shape index (κ1) is 7.06. The molecule has 0 saturated heterocycles. The van der Waals surface area contributed by atoms with Gasteiger partial charge < -0.3 is 9.40 Å². The topological polar surface area (TPSA) is 28.9 Å². The summed E-state index contributed by atoms with van der Waals surface area (Å²) in [6.07, 6.45) is 0. The molecule has 1 heterocycles. The average molecular weight is 230 g/mol. The summed E-state index contributed by atoms with van der Waals surface area (Å²) in [5, 5.41) is 0. The number of nitrogens with one attached hydrogen (secondary N) is 1. The van der Waals surface area contributed by atoms with Crippen LogP contribution in [0.3, 0.4) is 0 Å². The molecule has 1 aromatic heterocycles. The highest BCUT2D eigenvalue weighted by Crippen LogP contribution is 2.18. The monoisotopic (exact) mass is 229 g/mol. The first-order valence-electron chi connectivity index (χ1n) is 3.04. The van der Waals surface area contributed by atoms with Crippen LogP contribution in [0.1, 0.15) is 0 Å². The van der Waals surface area contributed by atoms with Gasteiger partial charge in [-0.15, -0.1) is 0 Å². The molecule has 2 aromatic rings. The fourth-order valence-electron chi connectivity index (χ4n) is 0.919. The minimum absolute atomic E-state index is 0.415. The van der Waals surface area contributed by atoms with Crippen LogP contribution in [0.5, 0.6) is 0 Å². The molecule has 1 aromatic carbocycles. The smallest absolute Gasteiger partial charge is 0.266 e. The van der Waals surface area contributed by atoms with Gasteiger partial charge in [-0.2, -0.15) is 0 Å². The molecule has 0 aliphatic carbocycles. The molecule has 0 saturated carbocycles. The zero-order valence-electron chi connectivity index (χ0n) is 5.43. The summed E-state index contributed by atoms with van der Waals surface area (Å²) in [7, 11) is 0. The van der Waals surface area contributed by atoms with Crippen LogP contribution in [0.2, 0.25) is 0 Å². The van der Waals surface area contributed by atoms with Crippen LogP contribution in [-0.4, -0.2) is 4.98 Å². The van der Waals surface area contributed by atoms with Crippen LogP contribution >= 0.6 is 28.1 Å². The van der Waals surface area contributed by atoms with E-state index in [1.165, 1.54) is 0 Å². The van der Waals surface area contributed by atoms with Crippen molar-refractivity contribution >= 4 is 39.2 Å². The quantitative estimate of drug-likeness (QED) is 0.703. The van der Waals surface area contributed by atoms with Gasteiger partial charge in [0.2, 0.25) is 0 Å². The van der Waals surface area contributed by atoms with Gasteiger partial charge in [0.1, 0.15) is 0 Å². The summed E-state index contributed by atoms with van der Waals surface area (Å²) >= 11 is 8.15. The van der Waals surface area contributed by atoms with E-state index < -0.39 is 0 Å². The summed E-state index contributed by atoms with van der Waals surface area (Å²) in [5.74, 6) is 0. The van der Waals surface area contributed by atoms with Gasteiger partial charge in [0.25, 0.3) is 4.84 Å². The van der Waals surface area contributed by atoms with E-state index in [0.29, 0.717) is 4.84 Å². The van der Waals surface area contributed by atoms with Crippen molar-refractivity contribution in [1.82, 2.24) is 4.98 Å². The van der Waals surface area contributed by atoms with E-state index in [2.05, 4.69) is 20.9 Å². The zero-order valence-corrected chi connectivity index (χ0v) is 7.83. The number of fused-ring (bicyclic) bond motifs is 1. The van der Waals surface area contributed by atoms with Crippen LogP contribution in [0.15, 0.2) is 27.1 Å². The molecule has 0 atom stereocenters. The van der Waals surface area contributed by atoms with Gasteiger partial charge in [0.15, 0.2) is 5.58 Å². The highest BCUT2D eigenvalue weighted by atomic mass is 79.9. The maximum atomic E-state index is 5.18. The number of hydrogen-bond acceptors (Lipinski definition) is 2. The van der Waals surface area contributed by atoms with E-state index in [1.807, 2.05) is 18.2 Å². The van der Waals surface area contributed by atoms with Crippen molar-refractivity contribution in [2.75, 3.05) is 0 Å². The first-order valence-corrected chi connectivity index (χ1v) is 4.24. The van der Waals surface area contributed by atoms with Crippen LogP contribution in [0.25, 0.3) is 11.1 Å². The van der Waals surface area contributed by atoms with E-state index in [9.17, 15) is 0 Å². The number of aromatic amines is 1. The fraction of sp³-hybridized carbons (Fsp3) is 0. The molecule has 0 radical (unpaired) electrons. The Morgan fingerprint density at radius 2 is 2.27 bits per heavy atom. The van der Waals surface area contributed by atoms with Crippen LogP contribution in [0, 0.1) is 4.84 Å². The highest BCUT2D eigenvalue weighted by molar-refractivity contribution is 9.10. The molecule has 0 amide bonds. The SMILES string of the molecule is S=c1[nH]c2ccc(Br)cc2o1. The van der Waals surface area contributed by atoms with Gasteiger partial charge in [-0.1, -0.05) is 15.9 Å². The number of H-pyrrole nitrogens is 1. The number of aromatic nitrogens is 1. The van der Waals surface area contributed by atoms with Gasteiger partial charge in [0.05, 0.1) is 5.52 Å². The molecule has 11 heavy (non-hydrogen) atoms. The van der Waals surface area contributed by atoms with E-state index in [4.69, 9.17) is 16.6 Å². The largest absolute Gasteiger partial charge is 0.429 e. The van der Waals surface area contributed by atoms with Crippen molar-refractivity contribution in [3.8, 4) is 0 Å². The summed E-state index contributed by atoms with van der Waals surface area (Å²) in [6, 6.07) is 5.73. The third-order valence-corrected chi connectivity index (χ3v) is 2.06. The Bertz CT molecular complexity index is 445. The lowest BCUT2D eigenvalue weighted by Gasteiger charge is -1.86. The Kier molecular flexibility index (Phi) is 1.58. The molecule has 4 heteroatoms. The lowest BCUT2D eigenvalue weighted by atomic mass is 10.3. The Hall–Kier alpha value is -0.610. The summed E-state index contributed by atoms with van der Waals surface area (Å²) in [6.45, 7) is 0. The Morgan fingerprint density at radius 3 is 3.09 bits per heavy atom. The van der Waals surface area contributed by atoms with Crippen LogP contribution in [-0.2, 0) is 0 Å². The Balaban J connectivity index is 2.92. The molecule has 0 spiro atoms. The highest BCUT2D eigenvalue weighted by Gasteiger charge is 1.97. The van der Waals surface area contributed by atoms with Gasteiger partial charge >= 0.3 is 0 Å². The Morgan fingerprint density at radius 1 is 1.45 bits per heavy atom. The molecule has 0 aliphatic rings. The van der Waals surface area contributed by atoms with E-state index in [-0.39, 0.29) is 0 Å². The predicted molar refractivity (Wildman–Crippen MR) is 49.1 cm³/mol. The molecule has 0 aliphatic heterocycles. The number of halogens is 1. The fourth-order valence-corrected chi connectivity index (χ4v) is 1.46. The van der Waals surface area contributed by atoms with Crippen molar-refractivity contribution in [3.05, 3.63) is 27.5 Å². The number of benzene rings is 1. The third-order valence-electron chi connectivity index (χ3n) is 1.38. The van der Waals surface area contributed by atoms with Gasteiger partial charge in [-0.05, 0) is 30.4 Å². The summed E-state index contributed by atoms with van der Waals surface area (Å²) in [4.78, 5) is 3.33. The van der Waals surface area contributed by atoms with Crippen LogP contribution < -0.4 is 0 Å². The molecule has 0 bridgehead atoms. The molecular weight excluding hydrogens is 226 g/mol. The predicted octanol–water partition coefficient (Wildman–Crippen LogP) is 3.25.